The molecule has 1 amide bonds. The van der Waals surface area contributed by atoms with Gasteiger partial charge in [0.05, 0.1) is 19.8 Å². The zero-order chi connectivity index (χ0) is 39.8. The number of carbonyl (C=O) groups is 3. The summed E-state index contributed by atoms with van der Waals surface area (Å²) in [5.41, 5.74) is 0. The van der Waals surface area contributed by atoms with E-state index >= 15 is 0 Å². The number of methoxy groups -OCH3 is 1. The van der Waals surface area contributed by atoms with Crippen LogP contribution in [0.25, 0.3) is 0 Å². The van der Waals surface area contributed by atoms with Crippen molar-refractivity contribution in [3.63, 3.8) is 0 Å². The van der Waals surface area contributed by atoms with Crippen LogP contribution >= 0.6 is 7.82 Å². The molecule has 328 valence electrons. The summed E-state index contributed by atoms with van der Waals surface area (Å²) >= 11 is 0. The Morgan fingerprint density at radius 3 is 1.40 bits per heavy atom. The zero-order valence-corrected chi connectivity index (χ0v) is 35.5. The fourth-order valence-electron chi connectivity index (χ4n) is 5.99. The van der Waals surface area contributed by atoms with Gasteiger partial charge in [-0.15, -0.1) is 0 Å². The average Bonchev–Trinajstić information content (AvgIpc) is 3.15. The Kier molecular flexibility index (Phi) is 42.2. The van der Waals surface area contributed by atoms with Gasteiger partial charge in [0.25, 0.3) is 0 Å². The van der Waals surface area contributed by atoms with Gasteiger partial charge in [0.2, 0.25) is 0 Å². The van der Waals surface area contributed by atoms with Gasteiger partial charge >= 0.3 is 25.9 Å². The van der Waals surface area contributed by atoms with Crippen molar-refractivity contribution in [2.75, 3.05) is 46.7 Å². The molecule has 0 aliphatic heterocycles. The number of phosphoric ester groups is 1. The molecule has 12 nitrogen and oxygen atoms in total. The Morgan fingerprint density at radius 2 is 0.964 bits per heavy atom. The molecule has 0 aliphatic carbocycles. The quantitative estimate of drug-likeness (QED) is 0.0262. The fourth-order valence-corrected chi connectivity index (χ4v) is 6.74. The molecule has 13 heteroatoms. The number of hydrogen-bond donors (Lipinski definition) is 2. The van der Waals surface area contributed by atoms with Gasteiger partial charge in [-0.05, 0) is 12.8 Å². The molecular weight excluding hydrogens is 725 g/mol. The van der Waals surface area contributed by atoms with Gasteiger partial charge in [0.1, 0.15) is 13.2 Å². The third-order valence-corrected chi connectivity index (χ3v) is 10.3. The summed E-state index contributed by atoms with van der Waals surface area (Å²) in [6.07, 6.45) is 29.8. The summed E-state index contributed by atoms with van der Waals surface area (Å²) in [6.45, 7) is 3.55. The fraction of sp³-hybridized carbons (Fsp3) is 0.929. The number of hydrogen-bond acceptors (Lipinski definition) is 10. The summed E-state index contributed by atoms with van der Waals surface area (Å²) in [4.78, 5) is 46.9. The summed E-state index contributed by atoms with van der Waals surface area (Å²) < 4.78 is 43.0. The lowest BCUT2D eigenvalue weighted by Crippen LogP contribution is -2.30. The highest BCUT2D eigenvalue weighted by atomic mass is 31.2. The first-order valence-corrected chi connectivity index (χ1v) is 23.1. The van der Waals surface area contributed by atoms with Gasteiger partial charge in [-0.2, -0.15) is 0 Å². The molecule has 0 aromatic carbocycles. The number of unbranched alkanes of at least 4 members (excludes halogenated alkanes) is 24. The van der Waals surface area contributed by atoms with E-state index in [0.29, 0.717) is 12.8 Å². The molecule has 0 radical (unpaired) electrons. The Balaban J connectivity index is 0. The van der Waals surface area contributed by atoms with Crippen LogP contribution in [0.4, 0.5) is 4.79 Å². The molecule has 1 unspecified atom stereocenters. The molecule has 0 aliphatic rings. The standard InChI is InChI=1S/C41H80NO11P.CH4/c1-4-6-8-10-12-14-16-18-20-22-24-26-28-30-39(43)50-36-38(37-52-54(46,47)51-33-32-42-41(45)49-35-34-48-3)53-40(44)31-29-27-25-23-21-19-17-15-13-11-9-7-5-2;/h38H,4-37H2,1-3H3,(H,42,45)(H,46,47);1H4/t38-;/m1./s1. The SMILES string of the molecule is C.CCCCCCCCCCCCCCCC(=O)OC[C@H](COP(=O)(O)OCCNC(=O)OCCOC)OC(=O)CCCCCCCCCCCCCCC. The average molecular weight is 810 g/mol. The van der Waals surface area contributed by atoms with Gasteiger partial charge in [-0.25, -0.2) is 9.36 Å². The minimum atomic E-state index is -4.56. The van der Waals surface area contributed by atoms with E-state index in [9.17, 15) is 23.8 Å². The highest BCUT2D eigenvalue weighted by Gasteiger charge is 2.26. The van der Waals surface area contributed by atoms with Crippen LogP contribution in [0.1, 0.15) is 201 Å². The second-order valence-corrected chi connectivity index (χ2v) is 15.9. The van der Waals surface area contributed by atoms with E-state index in [4.69, 9.17) is 28.0 Å². The topological polar surface area (TPSA) is 156 Å². The molecule has 0 saturated heterocycles. The lowest BCUT2D eigenvalue weighted by molar-refractivity contribution is -0.161. The lowest BCUT2D eigenvalue weighted by atomic mass is 10.0. The number of ether oxygens (including phenoxy) is 4. The van der Waals surface area contributed by atoms with Crippen LogP contribution in [-0.2, 0) is 42.1 Å². The summed E-state index contributed by atoms with van der Waals surface area (Å²) in [7, 11) is -3.09. The number of nitrogens with one attached hydrogen (secondary N) is 1. The minimum absolute atomic E-state index is 0. The summed E-state index contributed by atoms with van der Waals surface area (Å²) in [6, 6.07) is 0. The van der Waals surface area contributed by atoms with Crippen molar-refractivity contribution >= 4 is 25.9 Å². The molecule has 0 bridgehead atoms. The van der Waals surface area contributed by atoms with Gasteiger partial charge in [0.15, 0.2) is 6.10 Å². The van der Waals surface area contributed by atoms with E-state index in [1.54, 1.807) is 0 Å². The normalized spacial score (nSPS) is 12.7. The van der Waals surface area contributed by atoms with E-state index in [1.807, 2.05) is 0 Å². The second-order valence-electron chi connectivity index (χ2n) is 14.4. The molecule has 0 fully saturated rings. The van der Waals surface area contributed by atoms with Crippen LogP contribution in [-0.4, -0.2) is 75.7 Å². The van der Waals surface area contributed by atoms with Crippen molar-refractivity contribution in [2.24, 2.45) is 0 Å². The summed E-state index contributed by atoms with van der Waals surface area (Å²) in [5.74, 6) is -0.897. The first kappa shape index (κ1) is 55.4. The van der Waals surface area contributed by atoms with E-state index in [2.05, 4.69) is 19.2 Å². The maximum atomic E-state index is 12.7. The Morgan fingerprint density at radius 1 is 0.545 bits per heavy atom. The molecule has 0 spiro atoms. The van der Waals surface area contributed by atoms with Crippen molar-refractivity contribution in [2.45, 2.75) is 207 Å². The molecule has 0 heterocycles. The monoisotopic (exact) mass is 810 g/mol. The maximum absolute atomic E-state index is 12.7. The van der Waals surface area contributed by atoms with E-state index in [1.165, 1.54) is 123 Å². The smallest absolute Gasteiger partial charge is 0.462 e. The van der Waals surface area contributed by atoms with Crippen LogP contribution in [0.5, 0.6) is 0 Å². The Bertz CT molecular complexity index is 924. The van der Waals surface area contributed by atoms with Gasteiger partial charge in [0, 0.05) is 26.5 Å². The first-order chi connectivity index (χ1) is 26.2. The zero-order valence-electron chi connectivity index (χ0n) is 34.6. The maximum Gasteiger partial charge on any atom is 0.472 e. The van der Waals surface area contributed by atoms with Crippen LogP contribution in [0.2, 0.25) is 0 Å². The van der Waals surface area contributed by atoms with Crippen molar-refractivity contribution in [1.29, 1.82) is 0 Å². The van der Waals surface area contributed by atoms with Crippen LogP contribution in [0.15, 0.2) is 0 Å². The molecule has 0 aromatic rings. The molecule has 2 N–H and O–H groups in total. The molecule has 0 saturated carbocycles. The van der Waals surface area contributed by atoms with Gasteiger partial charge in [-0.1, -0.05) is 175 Å². The van der Waals surface area contributed by atoms with Crippen molar-refractivity contribution in [3.05, 3.63) is 0 Å². The van der Waals surface area contributed by atoms with E-state index < -0.39 is 38.6 Å². The van der Waals surface area contributed by atoms with Crippen LogP contribution in [0, 0.1) is 0 Å². The van der Waals surface area contributed by atoms with Crippen molar-refractivity contribution in [3.8, 4) is 0 Å². The molecule has 0 aromatic heterocycles. The van der Waals surface area contributed by atoms with Crippen LogP contribution < -0.4 is 5.32 Å². The number of amides is 1. The van der Waals surface area contributed by atoms with E-state index in [-0.39, 0.29) is 53.2 Å². The van der Waals surface area contributed by atoms with Gasteiger partial charge < -0.3 is 29.2 Å². The largest absolute Gasteiger partial charge is 0.472 e. The molecule has 0 rings (SSSR count). The Labute approximate surface area is 336 Å². The second kappa shape index (κ2) is 41.9. The highest BCUT2D eigenvalue weighted by Crippen LogP contribution is 2.43. The number of alkyl carbamates (subject to hydrolysis) is 1. The molecule has 55 heavy (non-hydrogen) atoms. The van der Waals surface area contributed by atoms with E-state index in [0.717, 1.165) is 38.5 Å². The van der Waals surface area contributed by atoms with Crippen molar-refractivity contribution < 1.29 is 51.8 Å². The predicted octanol–water partition coefficient (Wildman–Crippen LogP) is 11.5. The molecular formula is C42H84NO11P. The lowest BCUT2D eigenvalue weighted by Gasteiger charge is -2.20. The first-order valence-electron chi connectivity index (χ1n) is 21.6. The highest BCUT2D eigenvalue weighted by molar-refractivity contribution is 7.47. The van der Waals surface area contributed by atoms with Crippen molar-refractivity contribution in [1.82, 2.24) is 5.32 Å². The third-order valence-electron chi connectivity index (χ3n) is 9.27. The number of esters is 2. The Hall–Kier alpha value is -1.72. The summed E-state index contributed by atoms with van der Waals surface area (Å²) in [5, 5.41) is 2.38. The molecule has 2 atom stereocenters. The predicted molar refractivity (Wildman–Crippen MR) is 221 cm³/mol. The minimum Gasteiger partial charge on any atom is -0.462 e. The number of rotatable bonds is 41. The van der Waals surface area contributed by atoms with Crippen LogP contribution in [0.3, 0.4) is 0 Å². The number of phosphoric acid groups is 1. The third kappa shape index (κ3) is 41.7. The van der Waals surface area contributed by atoms with Gasteiger partial charge in [-0.3, -0.25) is 18.6 Å². The number of carbonyl (C=O) groups excluding carboxylic acids is 3.